The lowest BCUT2D eigenvalue weighted by Gasteiger charge is -2.45. The molecule has 34 heavy (non-hydrogen) atoms. The molecule has 1 aromatic carbocycles. The average Bonchev–Trinajstić information content (AvgIpc) is 3.64. The number of carboxylic acids is 1. The number of hydrogen-bond donors (Lipinski definition) is 1. The highest BCUT2D eigenvalue weighted by molar-refractivity contribution is 5.71. The molecule has 1 saturated heterocycles. The maximum Gasteiger partial charge on any atom is 0.451 e. The van der Waals surface area contributed by atoms with Gasteiger partial charge in [-0.1, -0.05) is 19.1 Å². The summed E-state index contributed by atoms with van der Waals surface area (Å²) >= 11 is 0. The van der Waals surface area contributed by atoms with Crippen LogP contribution >= 0.6 is 0 Å². The monoisotopic (exact) mass is 475 g/mol. The van der Waals surface area contributed by atoms with Crippen LogP contribution in [0.25, 0.3) is 0 Å². The molecule has 2 aromatic rings. The highest BCUT2D eigenvalue weighted by Crippen LogP contribution is 2.49. The quantitative estimate of drug-likeness (QED) is 0.651. The van der Waals surface area contributed by atoms with Crippen molar-refractivity contribution in [3.05, 3.63) is 47.4 Å². The Labute approximate surface area is 196 Å². The van der Waals surface area contributed by atoms with E-state index < -0.39 is 23.9 Å². The van der Waals surface area contributed by atoms with Crippen LogP contribution in [0.3, 0.4) is 0 Å². The number of alkyl halides is 3. The molecule has 3 heterocycles. The molecule has 5 rings (SSSR count). The van der Waals surface area contributed by atoms with Gasteiger partial charge in [-0.2, -0.15) is 13.2 Å². The fraction of sp³-hybridized carbons (Fsp3) is 0.560. The third-order valence-electron chi connectivity index (χ3n) is 7.60. The zero-order chi connectivity index (χ0) is 24.1. The summed E-state index contributed by atoms with van der Waals surface area (Å²) in [5.41, 5.74) is 1.78. The predicted molar refractivity (Wildman–Crippen MR) is 119 cm³/mol. The van der Waals surface area contributed by atoms with Crippen molar-refractivity contribution in [2.24, 2.45) is 11.8 Å². The number of aromatic nitrogens is 2. The van der Waals surface area contributed by atoms with Crippen molar-refractivity contribution >= 4 is 11.8 Å². The van der Waals surface area contributed by atoms with Gasteiger partial charge in [-0.25, -0.2) is 9.97 Å². The summed E-state index contributed by atoms with van der Waals surface area (Å²) < 4.78 is 45.6. The van der Waals surface area contributed by atoms with Crippen molar-refractivity contribution < 1.29 is 27.8 Å². The number of carboxylic acid groups (broad SMARTS) is 1. The SMILES string of the molecule is C[C@H](C(=O)O)[C@H](c1ccc2c(c1)OC1(CC2)CCN(c2ccnc(C(F)(F)F)n2)CC1)C1CC1. The van der Waals surface area contributed by atoms with E-state index in [1.54, 1.807) is 6.92 Å². The van der Waals surface area contributed by atoms with E-state index in [1.807, 2.05) is 11.0 Å². The topological polar surface area (TPSA) is 75.6 Å². The molecule has 2 atom stereocenters. The highest BCUT2D eigenvalue weighted by atomic mass is 19.4. The molecule has 3 aliphatic rings. The van der Waals surface area contributed by atoms with Crippen LogP contribution in [0.5, 0.6) is 5.75 Å². The number of nitrogens with zero attached hydrogens (tertiary/aromatic N) is 3. The molecule has 1 saturated carbocycles. The van der Waals surface area contributed by atoms with Gasteiger partial charge >= 0.3 is 12.1 Å². The van der Waals surface area contributed by atoms with Crippen LogP contribution in [-0.2, 0) is 17.4 Å². The molecule has 1 aromatic heterocycles. The average molecular weight is 476 g/mol. The van der Waals surface area contributed by atoms with Crippen molar-refractivity contribution in [1.82, 2.24) is 9.97 Å². The molecule has 6 nitrogen and oxygen atoms in total. The van der Waals surface area contributed by atoms with Crippen LogP contribution in [0.1, 0.15) is 61.9 Å². The lowest BCUT2D eigenvalue weighted by molar-refractivity contribution is -0.145. The maximum atomic E-state index is 13.0. The van der Waals surface area contributed by atoms with E-state index >= 15 is 0 Å². The molecule has 1 spiro atoms. The van der Waals surface area contributed by atoms with E-state index in [4.69, 9.17) is 4.74 Å². The third-order valence-corrected chi connectivity index (χ3v) is 7.60. The number of rotatable bonds is 5. The zero-order valence-electron chi connectivity index (χ0n) is 19.0. The van der Waals surface area contributed by atoms with Crippen molar-refractivity contribution in [1.29, 1.82) is 0 Å². The molecular weight excluding hydrogens is 447 g/mol. The second kappa shape index (κ2) is 8.43. The number of carbonyl (C=O) groups is 1. The minimum Gasteiger partial charge on any atom is -0.487 e. The van der Waals surface area contributed by atoms with Gasteiger partial charge in [-0.05, 0) is 60.8 Å². The van der Waals surface area contributed by atoms with Gasteiger partial charge in [0.15, 0.2) is 0 Å². The van der Waals surface area contributed by atoms with Crippen LogP contribution in [-0.4, -0.2) is 39.7 Å². The number of aryl methyl sites for hydroxylation is 1. The van der Waals surface area contributed by atoms with E-state index in [1.165, 1.54) is 6.07 Å². The van der Waals surface area contributed by atoms with Gasteiger partial charge in [0.1, 0.15) is 17.2 Å². The molecule has 0 unspecified atom stereocenters. The largest absolute Gasteiger partial charge is 0.487 e. The number of anilines is 1. The molecule has 0 amide bonds. The Kier molecular flexibility index (Phi) is 5.68. The fourth-order valence-corrected chi connectivity index (χ4v) is 5.46. The van der Waals surface area contributed by atoms with E-state index in [2.05, 4.69) is 22.1 Å². The van der Waals surface area contributed by atoms with Crippen LogP contribution in [0.15, 0.2) is 30.5 Å². The lowest BCUT2D eigenvalue weighted by atomic mass is 9.80. The summed E-state index contributed by atoms with van der Waals surface area (Å²) in [6.45, 7) is 2.87. The summed E-state index contributed by atoms with van der Waals surface area (Å²) in [5.74, 6) is -0.876. The van der Waals surface area contributed by atoms with E-state index in [0.717, 1.165) is 48.8 Å². The third kappa shape index (κ3) is 4.44. The molecule has 1 N–H and O–H groups in total. The van der Waals surface area contributed by atoms with Gasteiger partial charge in [0.25, 0.3) is 0 Å². The van der Waals surface area contributed by atoms with E-state index in [9.17, 15) is 23.1 Å². The molecule has 9 heteroatoms. The molecule has 0 radical (unpaired) electrons. The maximum absolute atomic E-state index is 13.0. The molecule has 182 valence electrons. The Bertz CT molecular complexity index is 1080. The van der Waals surface area contributed by atoms with E-state index in [-0.39, 0.29) is 17.3 Å². The lowest BCUT2D eigenvalue weighted by Crippen LogP contribution is -2.50. The van der Waals surface area contributed by atoms with Gasteiger partial charge in [0.05, 0.1) is 5.92 Å². The molecule has 2 fully saturated rings. The number of halogens is 3. The number of hydrogen-bond acceptors (Lipinski definition) is 5. The van der Waals surface area contributed by atoms with Crippen molar-refractivity contribution in [3.8, 4) is 5.75 Å². The van der Waals surface area contributed by atoms with Gasteiger partial charge in [0, 0.05) is 32.1 Å². The first-order valence-electron chi connectivity index (χ1n) is 11.9. The van der Waals surface area contributed by atoms with Gasteiger partial charge in [0.2, 0.25) is 5.82 Å². The summed E-state index contributed by atoms with van der Waals surface area (Å²) in [6, 6.07) is 7.66. The minimum absolute atomic E-state index is 0.0216. The highest BCUT2D eigenvalue weighted by Gasteiger charge is 2.42. The predicted octanol–water partition coefficient (Wildman–Crippen LogP) is 5.07. The van der Waals surface area contributed by atoms with Crippen LogP contribution in [0, 0.1) is 11.8 Å². The second-order valence-electron chi connectivity index (χ2n) is 9.87. The summed E-state index contributed by atoms with van der Waals surface area (Å²) in [5, 5.41) is 9.60. The van der Waals surface area contributed by atoms with Gasteiger partial charge in [-0.3, -0.25) is 4.79 Å². The Morgan fingerprint density at radius 2 is 1.94 bits per heavy atom. The van der Waals surface area contributed by atoms with Gasteiger partial charge in [-0.15, -0.1) is 0 Å². The minimum atomic E-state index is -4.57. The first kappa shape index (κ1) is 22.9. The number of piperidine rings is 1. The normalized spacial score (nSPS) is 21.5. The fourth-order valence-electron chi connectivity index (χ4n) is 5.46. The van der Waals surface area contributed by atoms with Crippen LogP contribution in [0.2, 0.25) is 0 Å². The number of aliphatic carboxylic acids is 1. The zero-order valence-corrected chi connectivity index (χ0v) is 19.0. The van der Waals surface area contributed by atoms with Crippen LogP contribution < -0.4 is 9.64 Å². The number of benzene rings is 1. The number of ether oxygens (including phenoxy) is 1. The van der Waals surface area contributed by atoms with E-state index in [0.29, 0.717) is 31.8 Å². The van der Waals surface area contributed by atoms with Crippen LogP contribution in [0.4, 0.5) is 19.0 Å². The Hall–Kier alpha value is -2.84. The first-order chi connectivity index (χ1) is 16.2. The Morgan fingerprint density at radius 3 is 2.59 bits per heavy atom. The Morgan fingerprint density at radius 1 is 1.21 bits per heavy atom. The number of fused-ring (bicyclic) bond motifs is 1. The standard InChI is InChI=1S/C25H28F3N3O3/c1-15(22(32)33)21(17-3-4-17)18-5-2-16-6-8-24(34-19(16)14-18)9-12-31(13-10-24)20-7-11-29-23(30-20)25(26,27)28/h2,5,7,11,14-15,17,21H,3-4,6,8-10,12-13H2,1H3,(H,32,33)/t15-,21-/m0/s1. The Balaban J connectivity index is 1.31. The molecule has 1 aliphatic carbocycles. The summed E-state index contributed by atoms with van der Waals surface area (Å²) in [7, 11) is 0. The van der Waals surface area contributed by atoms with Crippen molar-refractivity contribution in [3.63, 3.8) is 0 Å². The first-order valence-corrected chi connectivity index (χ1v) is 11.9. The van der Waals surface area contributed by atoms with Crippen molar-refractivity contribution in [2.45, 2.75) is 63.1 Å². The molecule has 0 bridgehead atoms. The summed E-state index contributed by atoms with van der Waals surface area (Å²) in [4.78, 5) is 20.6. The second-order valence-corrected chi connectivity index (χ2v) is 9.87. The van der Waals surface area contributed by atoms with Crippen molar-refractivity contribution in [2.75, 3.05) is 18.0 Å². The molecule has 2 aliphatic heterocycles. The van der Waals surface area contributed by atoms with Gasteiger partial charge < -0.3 is 14.7 Å². The molecular formula is C25H28F3N3O3. The summed E-state index contributed by atoms with van der Waals surface area (Å²) in [6.07, 6.45) is 1.76. The smallest absolute Gasteiger partial charge is 0.451 e.